The molecule has 0 aliphatic rings. The highest BCUT2D eigenvalue weighted by Crippen LogP contribution is 2.28. The zero-order valence-electron chi connectivity index (χ0n) is 15.5. The molecule has 0 unspecified atom stereocenters. The quantitative estimate of drug-likeness (QED) is 0.816. The van der Waals surface area contributed by atoms with Crippen molar-refractivity contribution in [2.45, 2.75) is 32.9 Å². The molecule has 0 saturated heterocycles. The van der Waals surface area contributed by atoms with Crippen molar-refractivity contribution in [3.63, 3.8) is 0 Å². The fraction of sp³-hybridized carbons (Fsp3) is 0.368. The molecule has 1 amide bonds. The number of hydrogen-bond acceptors (Lipinski definition) is 6. The molecule has 0 fully saturated rings. The summed E-state index contributed by atoms with van der Waals surface area (Å²) in [4.78, 5) is 23.4. The molecule has 0 aliphatic heterocycles. The molecular formula is C19H23NO6. The molecule has 0 atom stereocenters. The van der Waals surface area contributed by atoms with E-state index in [-0.39, 0.29) is 12.3 Å². The Bertz CT molecular complexity index is 788. The summed E-state index contributed by atoms with van der Waals surface area (Å²) in [5, 5.41) is 2.70. The van der Waals surface area contributed by atoms with Crippen LogP contribution in [0.15, 0.2) is 34.7 Å². The molecule has 0 saturated carbocycles. The number of hydrogen-bond donors (Lipinski definition) is 1. The van der Waals surface area contributed by atoms with Gasteiger partial charge in [0.25, 0.3) is 0 Å². The highest BCUT2D eigenvalue weighted by atomic mass is 16.6. The lowest BCUT2D eigenvalue weighted by Crippen LogP contribution is -2.32. The minimum Gasteiger partial charge on any atom is -0.496 e. The first kappa shape index (κ1) is 19.4. The van der Waals surface area contributed by atoms with Gasteiger partial charge in [-0.1, -0.05) is 0 Å². The molecule has 1 aromatic heterocycles. The summed E-state index contributed by atoms with van der Waals surface area (Å²) in [6, 6.07) is 8.61. The second-order valence-electron chi connectivity index (χ2n) is 6.54. The number of nitrogens with one attached hydrogen (secondary N) is 1. The number of alkyl carbamates (subject to hydrolysis) is 1. The maximum absolute atomic E-state index is 11.9. The Balaban J connectivity index is 2.19. The van der Waals surface area contributed by atoms with Crippen LogP contribution < -0.4 is 10.1 Å². The monoisotopic (exact) mass is 361 g/mol. The lowest BCUT2D eigenvalue weighted by atomic mass is 10.1. The van der Waals surface area contributed by atoms with Crippen molar-refractivity contribution in [1.29, 1.82) is 0 Å². The number of benzene rings is 1. The van der Waals surface area contributed by atoms with E-state index in [0.717, 1.165) is 11.1 Å². The maximum atomic E-state index is 11.9. The number of carbonyl (C=O) groups is 2. The number of esters is 1. The molecule has 2 aromatic rings. The summed E-state index contributed by atoms with van der Waals surface area (Å²) in [6.07, 6.45) is -0.518. The van der Waals surface area contributed by atoms with E-state index in [2.05, 4.69) is 10.1 Å². The van der Waals surface area contributed by atoms with Gasteiger partial charge < -0.3 is 23.9 Å². The normalized spacial score (nSPS) is 11.0. The summed E-state index contributed by atoms with van der Waals surface area (Å²) in [5.41, 5.74) is 0.905. The first-order valence-electron chi connectivity index (χ1n) is 8.06. The van der Waals surface area contributed by atoms with Crippen LogP contribution in [0.3, 0.4) is 0 Å². The van der Waals surface area contributed by atoms with Crippen molar-refractivity contribution in [1.82, 2.24) is 5.32 Å². The summed E-state index contributed by atoms with van der Waals surface area (Å²) < 4.78 is 20.7. The van der Waals surface area contributed by atoms with Gasteiger partial charge in [-0.25, -0.2) is 9.59 Å². The van der Waals surface area contributed by atoms with Gasteiger partial charge in [-0.15, -0.1) is 0 Å². The van der Waals surface area contributed by atoms with Gasteiger partial charge in [0.1, 0.15) is 17.1 Å². The fourth-order valence-corrected chi connectivity index (χ4v) is 2.25. The topological polar surface area (TPSA) is 87.0 Å². The van der Waals surface area contributed by atoms with Crippen LogP contribution >= 0.6 is 0 Å². The molecule has 1 aromatic carbocycles. The molecular weight excluding hydrogens is 338 g/mol. The Hall–Kier alpha value is -2.96. The molecule has 1 N–H and O–H groups in total. The van der Waals surface area contributed by atoms with Crippen molar-refractivity contribution in [3.05, 3.63) is 41.7 Å². The van der Waals surface area contributed by atoms with Crippen LogP contribution in [-0.4, -0.2) is 31.9 Å². The van der Waals surface area contributed by atoms with Crippen molar-refractivity contribution in [2.24, 2.45) is 0 Å². The molecule has 140 valence electrons. The molecule has 1 heterocycles. The molecule has 2 rings (SSSR count). The van der Waals surface area contributed by atoms with Crippen LogP contribution in [0.1, 0.15) is 36.9 Å². The standard InChI is InChI=1S/C19H23NO6/c1-19(2,3)26-18(22)20-11-13-10-12(6-7-14(13)23-4)15-8-9-16(25-15)17(21)24-5/h6-10H,11H2,1-5H3,(H,20,22). The Morgan fingerprint density at radius 1 is 1.12 bits per heavy atom. The summed E-state index contributed by atoms with van der Waals surface area (Å²) in [5.74, 6) is 0.694. The van der Waals surface area contributed by atoms with Gasteiger partial charge in [-0.2, -0.15) is 0 Å². The van der Waals surface area contributed by atoms with E-state index < -0.39 is 17.7 Å². The highest BCUT2D eigenvalue weighted by molar-refractivity contribution is 5.87. The second-order valence-corrected chi connectivity index (χ2v) is 6.54. The van der Waals surface area contributed by atoms with E-state index in [9.17, 15) is 9.59 Å². The van der Waals surface area contributed by atoms with Crippen LogP contribution in [0, 0.1) is 0 Å². The maximum Gasteiger partial charge on any atom is 0.407 e. The Kier molecular flexibility index (Phi) is 5.92. The Morgan fingerprint density at radius 3 is 2.46 bits per heavy atom. The van der Waals surface area contributed by atoms with E-state index >= 15 is 0 Å². The SMILES string of the molecule is COC(=O)c1ccc(-c2ccc(OC)c(CNC(=O)OC(C)(C)C)c2)o1. The van der Waals surface area contributed by atoms with Gasteiger partial charge in [-0.3, -0.25) is 0 Å². The number of rotatable bonds is 5. The summed E-state index contributed by atoms with van der Waals surface area (Å²) >= 11 is 0. The van der Waals surface area contributed by atoms with Gasteiger partial charge in [0.2, 0.25) is 5.76 Å². The largest absolute Gasteiger partial charge is 0.496 e. The first-order chi connectivity index (χ1) is 12.2. The predicted octanol–water partition coefficient (Wildman–Crippen LogP) is 3.77. The lowest BCUT2D eigenvalue weighted by Gasteiger charge is -2.20. The third kappa shape index (κ3) is 5.02. The van der Waals surface area contributed by atoms with Gasteiger partial charge in [0.05, 0.1) is 14.2 Å². The number of ether oxygens (including phenoxy) is 3. The Labute approximate surface area is 152 Å². The van der Waals surface area contributed by atoms with E-state index in [4.69, 9.17) is 13.9 Å². The number of carbonyl (C=O) groups excluding carboxylic acids is 2. The molecule has 26 heavy (non-hydrogen) atoms. The Morgan fingerprint density at radius 2 is 1.85 bits per heavy atom. The van der Waals surface area contributed by atoms with Crippen molar-refractivity contribution >= 4 is 12.1 Å². The van der Waals surface area contributed by atoms with Crippen LogP contribution in [0.4, 0.5) is 4.79 Å². The summed E-state index contributed by atoms with van der Waals surface area (Å²) in [6.45, 7) is 5.60. The average Bonchev–Trinajstić information content (AvgIpc) is 3.07. The number of amides is 1. The van der Waals surface area contributed by atoms with Crippen LogP contribution in [-0.2, 0) is 16.0 Å². The van der Waals surface area contributed by atoms with Crippen molar-refractivity contribution in [2.75, 3.05) is 14.2 Å². The second kappa shape index (κ2) is 7.95. The zero-order valence-corrected chi connectivity index (χ0v) is 15.5. The molecule has 0 aliphatic carbocycles. The third-order valence-corrected chi connectivity index (χ3v) is 3.38. The minimum atomic E-state index is -0.575. The van der Waals surface area contributed by atoms with Gasteiger partial charge >= 0.3 is 12.1 Å². The van der Waals surface area contributed by atoms with Gasteiger partial charge in [0.15, 0.2) is 0 Å². The molecule has 0 spiro atoms. The van der Waals surface area contributed by atoms with Gasteiger partial charge in [-0.05, 0) is 51.1 Å². The van der Waals surface area contributed by atoms with E-state index in [0.29, 0.717) is 11.5 Å². The molecule has 7 nitrogen and oxygen atoms in total. The fourth-order valence-electron chi connectivity index (χ4n) is 2.25. The minimum absolute atomic E-state index is 0.117. The predicted molar refractivity (Wildman–Crippen MR) is 95.1 cm³/mol. The van der Waals surface area contributed by atoms with Crippen LogP contribution in [0.5, 0.6) is 5.75 Å². The average molecular weight is 361 g/mol. The van der Waals surface area contributed by atoms with E-state index in [1.807, 2.05) is 6.07 Å². The number of methoxy groups -OCH3 is 2. The van der Waals surface area contributed by atoms with Crippen LogP contribution in [0.25, 0.3) is 11.3 Å². The van der Waals surface area contributed by atoms with Crippen molar-refractivity contribution < 1.29 is 28.2 Å². The lowest BCUT2D eigenvalue weighted by molar-refractivity contribution is 0.0521. The zero-order chi connectivity index (χ0) is 19.3. The first-order valence-corrected chi connectivity index (χ1v) is 8.06. The van der Waals surface area contributed by atoms with Crippen LogP contribution in [0.2, 0.25) is 0 Å². The molecule has 0 radical (unpaired) electrons. The molecule has 0 bridgehead atoms. The smallest absolute Gasteiger partial charge is 0.407 e. The highest BCUT2D eigenvalue weighted by Gasteiger charge is 2.17. The van der Waals surface area contributed by atoms with Crippen molar-refractivity contribution in [3.8, 4) is 17.1 Å². The number of furan rings is 1. The third-order valence-electron chi connectivity index (χ3n) is 3.38. The molecule has 7 heteroatoms. The van der Waals surface area contributed by atoms with E-state index in [1.165, 1.54) is 7.11 Å². The van der Waals surface area contributed by atoms with E-state index in [1.54, 1.807) is 52.1 Å². The van der Waals surface area contributed by atoms with Gasteiger partial charge in [0, 0.05) is 17.7 Å². The summed E-state index contributed by atoms with van der Waals surface area (Å²) in [7, 11) is 2.84.